The monoisotopic (exact) mass is 684 g/mol. The molecule has 0 unspecified atom stereocenters. The van der Waals surface area contributed by atoms with Gasteiger partial charge in [-0.1, -0.05) is 109 Å². The number of aromatic nitrogens is 2. The van der Waals surface area contributed by atoms with E-state index in [1.54, 1.807) is 115 Å². The number of rotatable bonds is 14. The Bertz CT molecular complexity index is 1910. The van der Waals surface area contributed by atoms with Gasteiger partial charge in [0.25, 0.3) is 11.8 Å². The van der Waals surface area contributed by atoms with Crippen molar-refractivity contribution in [1.29, 1.82) is 10.8 Å². The van der Waals surface area contributed by atoms with Crippen molar-refractivity contribution in [3.05, 3.63) is 138 Å². The van der Waals surface area contributed by atoms with E-state index in [1.165, 1.54) is 13.8 Å². The molecule has 12 heteroatoms. The molecule has 0 aliphatic heterocycles. The van der Waals surface area contributed by atoms with Gasteiger partial charge in [-0.3, -0.25) is 24.3 Å². The maximum atomic E-state index is 13.2. The molecule has 0 radical (unpaired) electrons. The van der Waals surface area contributed by atoms with Gasteiger partial charge in [-0.25, -0.2) is 0 Å². The van der Waals surface area contributed by atoms with Crippen molar-refractivity contribution in [3.8, 4) is 22.5 Å². The Morgan fingerprint density at radius 1 is 0.647 bits per heavy atom. The van der Waals surface area contributed by atoms with Crippen molar-refractivity contribution in [1.82, 2.24) is 20.8 Å². The van der Waals surface area contributed by atoms with E-state index in [9.17, 15) is 29.4 Å². The zero-order valence-electron chi connectivity index (χ0n) is 27.8. The number of H-pyrrole nitrogens is 1. The largest absolute Gasteiger partial charge is 0.376 e. The van der Waals surface area contributed by atoms with E-state index in [0.717, 1.165) is 12.4 Å². The molecule has 0 bridgehead atoms. The lowest BCUT2D eigenvalue weighted by atomic mass is 9.94. The number of carbonyl (C=O) groups is 4. The van der Waals surface area contributed by atoms with Crippen LogP contribution in [0.5, 0.6) is 0 Å². The molecule has 1 aromatic heterocycles. The van der Waals surface area contributed by atoms with Gasteiger partial charge in [0.1, 0.15) is 12.1 Å². The first-order valence-corrected chi connectivity index (χ1v) is 15.9. The molecule has 12 nitrogen and oxygen atoms in total. The van der Waals surface area contributed by atoms with E-state index in [2.05, 4.69) is 20.8 Å². The molecule has 2 amide bonds. The number of aliphatic hydroxyl groups is 2. The van der Waals surface area contributed by atoms with Crippen molar-refractivity contribution < 1.29 is 29.4 Å². The second-order valence-corrected chi connectivity index (χ2v) is 12.2. The summed E-state index contributed by atoms with van der Waals surface area (Å²) in [6, 6.07) is 28.8. The molecule has 0 fully saturated rings. The molecular weight excluding hydrogens is 648 g/mol. The highest BCUT2D eigenvalue weighted by molar-refractivity contribution is 6.12. The second-order valence-electron chi connectivity index (χ2n) is 12.2. The average molecular weight is 685 g/mol. The number of Topliss-reactive ketones (excluding diaryl/α,β-unsaturated/α-hetero) is 2. The zero-order valence-corrected chi connectivity index (χ0v) is 27.8. The van der Waals surface area contributed by atoms with Crippen LogP contribution < -0.4 is 10.6 Å². The molecule has 4 atom stereocenters. The van der Waals surface area contributed by atoms with Crippen LogP contribution in [-0.4, -0.2) is 68.3 Å². The van der Waals surface area contributed by atoms with Gasteiger partial charge in [0.15, 0.2) is 22.8 Å². The van der Waals surface area contributed by atoms with Crippen LogP contribution in [0.25, 0.3) is 22.5 Å². The topological polar surface area (TPSA) is 209 Å². The standard InChI is InChI=1S/C39H36N6O6/c1-38(50,28-9-5-3-6-10-28)36(48)42-32(22-40)34(46)26-17-13-24(14-18-26)30-21-31(45-44-30)25-15-19-27(20-16-25)35(47)33(23-41)43-37(49)39(2,51)29-11-7-4-8-12-29/h3-23,32-33,40-41,50-51H,1-2H3,(H,42,48)(H,43,49)(H,44,45)/t32-,33-,38-,39-/m0/s1. The highest BCUT2D eigenvalue weighted by atomic mass is 16.3. The number of nitrogens with one attached hydrogen (secondary N) is 5. The number of ketones is 2. The summed E-state index contributed by atoms with van der Waals surface area (Å²) in [6.07, 6.45) is 1.62. The second kappa shape index (κ2) is 15.0. The van der Waals surface area contributed by atoms with E-state index in [1.807, 2.05) is 0 Å². The predicted octanol–water partition coefficient (Wildman–Crippen LogP) is 4.19. The van der Waals surface area contributed by atoms with E-state index >= 15 is 0 Å². The molecule has 1 heterocycles. The minimum absolute atomic E-state index is 0.242. The van der Waals surface area contributed by atoms with Gasteiger partial charge in [0.05, 0.1) is 11.4 Å². The number of benzene rings is 4. The van der Waals surface area contributed by atoms with Crippen LogP contribution in [0.2, 0.25) is 0 Å². The molecule has 0 spiro atoms. The van der Waals surface area contributed by atoms with E-state index in [-0.39, 0.29) is 11.1 Å². The lowest BCUT2D eigenvalue weighted by Gasteiger charge is -2.25. The van der Waals surface area contributed by atoms with Crippen LogP contribution in [0.15, 0.2) is 115 Å². The Hall–Kier alpha value is -6.37. The first kappa shape index (κ1) is 35.9. The molecule has 258 valence electrons. The van der Waals surface area contributed by atoms with Gasteiger partial charge >= 0.3 is 0 Å². The summed E-state index contributed by atoms with van der Waals surface area (Å²) in [7, 11) is 0. The van der Waals surface area contributed by atoms with Gasteiger partial charge < -0.3 is 31.7 Å². The number of aromatic amines is 1. The minimum atomic E-state index is -1.91. The Kier molecular flexibility index (Phi) is 10.6. The highest BCUT2D eigenvalue weighted by Crippen LogP contribution is 2.26. The van der Waals surface area contributed by atoms with Crippen LogP contribution in [0.1, 0.15) is 45.7 Å². The third kappa shape index (κ3) is 7.77. The van der Waals surface area contributed by atoms with Crippen LogP contribution >= 0.6 is 0 Å². The smallest absolute Gasteiger partial charge is 0.257 e. The predicted molar refractivity (Wildman–Crippen MR) is 192 cm³/mol. The molecule has 0 saturated carbocycles. The third-order valence-corrected chi connectivity index (χ3v) is 8.55. The summed E-state index contributed by atoms with van der Waals surface area (Å²) in [5.41, 5.74) is -0.0537. The van der Waals surface area contributed by atoms with Crippen molar-refractivity contribution in [3.63, 3.8) is 0 Å². The van der Waals surface area contributed by atoms with Crippen molar-refractivity contribution in [2.45, 2.75) is 37.1 Å². The molecule has 5 aromatic rings. The fraction of sp³-hybridized carbons (Fsp3) is 0.154. The van der Waals surface area contributed by atoms with Crippen molar-refractivity contribution in [2.75, 3.05) is 0 Å². The summed E-state index contributed by atoms with van der Waals surface area (Å²) in [6.45, 7) is 2.64. The highest BCUT2D eigenvalue weighted by Gasteiger charge is 2.36. The summed E-state index contributed by atoms with van der Waals surface area (Å²) < 4.78 is 0. The Labute approximate surface area is 293 Å². The van der Waals surface area contributed by atoms with Gasteiger partial charge in [0.2, 0.25) is 0 Å². The lowest BCUT2D eigenvalue weighted by molar-refractivity contribution is -0.139. The minimum Gasteiger partial charge on any atom is -0.376 e. The molecule has 0 saturated heterocycles. The number of hydrogen-bond acceptors (Lipinski definition) is 9. The van der Waals surface area contributed by atoms with Gasteiger partial charge in [-0.15, -0.1) is 0 Å². The number of hydrogen-bond donors (Lipinski definition) is 7. The summed E-state index contributed by atoms with van der Waals surface area (Å²) in [5, 5.41) is 49.3. The fourth-order valence-electron chi connectivity index (χ4n) is 5.31. The maximum Gasteiger partial charge on any atom is 0.257 e. The molecule has 51 heavy (non-hydrogen) atoms. The van der Waals surface area contributed by atoms with Crippen LogP contribution in [0.4, 0.5) is 0 Å². The van der Waals surface area contributed by atoms with E-state index in [4.69, 9.17) is 10.8 Å². The van der Waals surface area contributed by atoms with E-state index in [0.29, 0.717) is 33.6 Å². The Morgan fingerprint density at radius 2 is 1.04 bits per heavy atom. The number of nitrogens with zero attached hydrogens (tertiary/aromatic N) is 1. The van der Waals surface area contributed by atoms with Crippen LogP contribution in [-0.2, 0) is 20.8 Å². The molecule has 4 aromatic carbocycles. The third-order valence-electron chi connectivity index (χ3n) is 8.55. The number of amides is 2. The average Bonchev–Trinajstić information content (AvgIpc) is 3.66. The van der Waals surface area contributed by atoms with Gasteiger partial charge in [-0.2, -0.15) is 5.10 Å². The van der Waals surface area contributed by atoms with Gasteiger partial charge in [0, 0.05) is 29.1 Å². The quantitative estimate of drug-likeness (QED) is 0.0669. The van der Waals surface area contributed by atoms with E-state index < -0.39 is 46.7 Å². The SMILES string of the molecule is C[C@@](O)(C(=O)N[C@@H](C=N)C(=O)c1ccc(-c2cc(-c3ccc(C(=O)[C@H](C=N)NC(=O)[C@@](C)(O)c4ccccc4)cc3)[nH]n2)cc1)c1ccccc1. The lowest BCUT2D eigenvalue weighted by Crippen LogP contribution is -2.50. The normalized spacial score (nSPS) is 14.5. The van der Waals surface area contributed by atoms with Crippen LogP contribution in [0, 0.1) is 10.8 Å². The first-order chi connectivity index (χ1) is 24.4. The molecule has 5 rings (SSSR count). The molecule has 0 aliphatic rings. The molecule has 0 aliphatic carbocycles. The Morgan fingerprint density at radius 3 is 1.43 bits per heavy atom. The van der Waals surface area contributed by atoms with Crippen molar-refractivity contribution >= 4 is 35.8 Å². The summed E-state index contributed by atoms with van der Waals surface area (Å²) in [4.78, 5) is 52.1. The molecule has 7 N–H and O–H groups in total. The fourth-order valence-corrected chi connectivity index (χ4v) is 5.31. The Balaban J connectivity index is 1.23. The summed E-state index contributed by atoms with van der Waals surface area (Å²) in [5.74, 6) is -2.69. The maximum absolute atomic E-state index is 13.2. The van der Waals surface area contributed by atoms with Crippen molar-refractivity contribution in [2.24, 2.45) is 0 Å². The van der Waals surface area contributed by atoms with Gasteiger partial charge in [-0.05, 0) is 36.6 Å². The number of carbonyl (C=O) groups excluding carboxylic acids is 4. The zero-order chi connectivity index (χ0) is 36.8. The summed E-state index contributed by atoms with van der Waals surface area (Å²) >= 11 is 0. The molecular formula is C39H36N6O6. The van der Waals surface area contributed by atoms with Crippen LogP contribution in [0.3, 0.4) is 0 Å². The first-order valence-electron chi connectivity index (χ1n) is 15.9.